The fourth-order valence-electron chi connectivity index (χ4n) is 6.14. The van der Waals surface area contributed by atoms with E-state index in [2.05, 4.69) is 15.2 Å². The Kier molecular flexibility index (Phi) is 5.74. The maximum absolute atomic E-state index is 13.6. The van der Waals surface area contributed by atoms with Gasteiger partial charge >= 0.3 is 0 Å². The van der Waals surface area contributed by atoms with Crippen LogP contribution in [0.5, 0.6) is 0 Å². The first kappa shape index (κ1) is 22.2. The van der Waals surface area contributed by atoms with E-state index in [1.165, 1.54) is 0 Å². The van der Waals surface area contributed by atoms with Crippen LogP contribution in [0.1, 0.15) is 36.7 Å². The van der Waals surface area contributed by atoms with Crippen LogP contribution in [0.2, 0.25) is 0 Å². The molecule has 1 saturated carbocycles. The Morgan fingerprint density at radius 2 is 1.86 bits per heavy atom. The highest BCUT2D eigenvalue weighted by Gasteiger charge is 2.55. The van der Waals surface area contributed by atoms with E-state index in [4.69, 9.17) is 0 Å². The Hall–Kier alpha value is -3.29. The summed E-state index contributed by atoms with van der Waals surface area (Å²) in [4.78, 5) is 33.7. The van der Waals surface area contributed by atoms with E-state index in [1.54, 1.807) is 6.20 Å². The van der Waals surface area contributed by atoms with Gasteiger partial charge in [-0.2, -0.15) is 0 Å². The molecule has 2 N–H and O–H groups in total. The Morgan fingerprint density at radius 3 is 2.54 bits per heavy atom. The monoisotopic (exact) mass is 470 g/mol. The SMILES string of the molecule is O=C(NC1CCC1)[C@H]1[C@H](CO)[C@H]2Cn3c(ccc(-c4ccccc4)c3=O)[C@H]2N1Cc1ccccn1. The lowest BCUT2D eigenvalue weighted by atomic mass is 9.87. The lowest BCUT2D eigenvalue weighted by molar-refractivity contribution is -0.129. The van der Waals surface area contributed by atoms with Crippen molar-refractivity contribution in [1.82, 2.24) is 19.8 Å². The second-order valence-electron chi connectivity index (χ2n) is 9.98. The molecule has 3 aliphatic rings. The summed E-state index contributed by atoms with van der Waals surface area (Å²) in [5, 5.41) is 13.7. The van der Waals surface area contributed by atoms with E-state index in [0.717, 1.165) is 36.2 Å². The van der Waals surface area contributed by atoms with E-state index in [1.807, 2.05) is 65.2 Å². The largest absolute Gasteiger partial charge is 0.396 e. The van der Waals surface area contributed by atoms with Gasteiger partial charge in [0.2, 0.25) is 5.91 Å². The van der Waals surface area contributed by atoms with Crippen LogP contribution in [0.3, 0.4) is 0 Å². The Labute approximate surface area is 204 Å². The molecule has 7 heteroatoms. The predicted molar refractivity (Wildman–Crippen MR) is 132 cm³/mol. The second-order valence-corrected chi connectivity index (χ2v) is 9.98. The lowest BCUT2D eigenvalue weighted by Crippen LogP contribution is -2.52. The van der Waals surface area contributed by atoms with Gasteiger partial charge in [-0.05, 0) is 49.1 Å². The number of pyridine rings is 2. The van der Waals surface area contributed by atoms with Crippen molar-refractivity contribution in [2.45, 2.75) is 50.5 Å². The molecule has 0 radical (unpaired) electrons. The molecule has 4 heterocycles. The minimum Gasteiger partial charge on any atom is -0.396 e. The summed E-state index contributed by atoms with van der Waals surface area (Å²) in [5.41, 5.74) is 3.33. The number of hydrogen-bond donors (Lipinski definition) is 2. The summed E-state index contributed by atoms with van der Waals surface area (Å²) in [6.45, 7) is 0.878. The number of nitrogens with one attached hydrogen (secondary N) is 1. The van der Waals surface area contributed by atoms with Gasteiger partial charge in [0.25, 0.3) is 5.56 Å². The molecule has 1 aromatic carbocycles. The number of amides is 1. The van der Waals surface area contributed by atoms with Gasteiger partial charge in [-0.25, -0.2) is 0 Å². The molecule has 1 aliphatic carbocycles. The van der Waals surface area contributed by atoms with Crippen LogP contribution in [-0.2, 0) is 17.9 Å². The summed E-state index contributed by atoms with van der Waals surface area (Å²) < 4.78 is 1.85. The van der Waals surface area contributed by atoms with Gasteiger partial charge in [-0.15, -0.1) is 0 Å². The number of nitrogens with zero attached hydrogens (tertiary/aromatic N) is 3. The average Bonchev–Trinajstić information content (AvgIpc) is 3.38. The van der Waals surface area contributed by atoms with Crippen molar-refractivity contribution in [3.63, 3.8) is 0 Å². The number of rotatable bonds is 6. The van der Waals surface area contributed by atoms with E-state index in [-0.39, 0.29) is 42.0 Å². The normalized spacial score (nSPS) is 25.6. The summed E-state index contributed by atoms with van der Waals surface area (Å²) in [5.74, 6) is -0.309. The molecule has 2 aromatic heterocycles. The molecule has 1 amide bonds. The fraction of sp³-hybridized carbons (Fsp3) is 0.393. The number of aliphatic hydroxyl groups excluding tert-OH is 1. The molecule has 180 valence electrons. The highest BCUT2D eigenvalue weighted by atomic mass is 16.3. The minimum absolute atomic E-state index is 0.0196. The molecular weight excluding hydrogens is 440 g/mol. The number of carbonyl (C=O) groups is 1. The number of likely N-dealkylation sites (tertiary alicyclic amines) is 1. The van der Waals surface area contributed by atoms with Crippen LogP contribution < -0.4 is 10.9 Å². The van der Waals surface area contributed by atoms with Gasteiger partial charge in [0, 0.05) is 55.0 Å². The summed E-state index contributed by atoms with van der Waals surface area (Å²) in [6.07, 6.45) is 4.92. The van der Waals surface area contributed by atoms with Crippen molar-refractivity contribution in [2.75, 3.05) is 6.61 Å². The zero-order chi connectivity index (χ0) is 23.9. The average molecular weight is 471 g/mol. The molecule has 2 fully saturated rings. The van der Waals surface area contributed by atoms with Gasteiger partial charge in [-0.1, -0.05) is 36.4 Å². The summed E-state index contributed by atoms with van der Waals surface area (Å²) in [7, 11) is 0. The highest BCUT2D eigenvalue weighted by molar-refractivity contribution is 5.83. The van der Waals surface area contributed by atoms with E-state index >= 15 is 0 Å². The van der Waals surface area contributed by atoms with Crippen molar-refractivity contribution in [2.24, 2.45) is 11.8 Å². The highest BCUT2D eigenvalue weighted by Crippen LogP contribution is 2.50. The standard InChI is InChI=1S/C28H30N4O3/c33-17-23-22-16-31-24(13-12-21(28(31)35)18-7-2-1-3-8-18)25(22)32(15-20-9-4-5-14-29-20)26(23)27(34)30-19-10-6-11-19/h1-5,7-9,12-14,19,22-23,25-26,33H,6,10-11,15-17H2,(H,30,34)/t22-,23-,25+,26-/m1/s1. The van der Waals surface area contributed by atoms with Crippen LogP contribution in [0.4, 0.5) is 0 Å². The van der Waals surface area contributed by atoms with Gasteiger partial charge in [0.1, 0.15) is 0 Å². The van der Waals surface area contributed by atoms with Crippen LogP contribution in [-0.4, -0.2) is 44.2 Å². The molecule has 1 saturated heterocycles. The Morgan fingerprint density at radius 1 is 1.06 bits per heavy atom. The summed E-state index contributed by atoms with van der Waals surface area (Å²) in [6, 6.07) is 19.0. The third kappa shape index (κ3) is 3.79. The van der Waals surface area contributed by atoms with Crippen molar-refractivity contribution >= 4 is 5.91 Å². The number of carbonyl (C=O) groups excluding carboxylic acids is 1. The van der Waals surface area contributed by atoms with Crippen LogP contribution in [0.15, 0.2) is 71.7 Å². The maximum atomic E-state index is 13.6. The zero-order valence-electron chi connectivity index (χ0n) is 19.6. The minimum atomic E-state index is -0.463. The number of aromatic nitrogens is 2. The topological polar surface area (TPSA) is 87.5 Å². The quantitative estimate of drug-likeness (QED) is 0.579. The third-order valence-electron chi connectivity index (χ3n) is 8.07. The first-order valence-electron chi connectivity index (χ1n) is 12.5. The molecule has 6 rings (SSSR count). The molecule has 35 heavy (non-hydrogen) atoms. The van der Waals surface area contributed by atoms with Gasteiger partial charge < -0.3 is 15.0 Å². The van der Waals surface area contributed by atoms with Gasteiger partial charge in [0.15, 0.2) is 0 Å². The van der Waals surface area contributed by atoms with Crippen LogP contribution in [0.25, 0.3) is 11.1 Å². The smallest absolute Gasteiger partial charge is 0.258 e. The number of benzene rings is 1. The molecule has 7 nitrogen and oxygen atoms in total. The fourth-order valence-corrected chi connectivity index (χ4v) is 6.14. The Bertz CT molecular complexity index is 1270. The van der Waals surface area contributed by atoms with Crippen molar-refractivity contribution in [1.29, 1.82) is 0 Å². The van der Waals surface area contributed by atoms with Gasteiger partial charge in [0.05, 0.1) is 17.8 Å². The summed E-state index contributed by atoms with van der Waals surface area (Å²) >= 11 is 0. The molecule has 2 aliphatic heterocycles. The lowest BCUT2D eigenvalue weighted by Gasteiger charge is -2.34. The molecular formula is C28H30N4O3. The van der Waals surface area contributed by atoms with Crippen molar-refractivity contribution < 1.29 is 9.90 Å². The first-order chi connectivity index (χ1) is 17.2. The number of hydrogen-bond acceptors (Lipinski definition) is 5. The number of aliphatic hydroxyl groups is 1. The van der Waals surface area contributed by atoms with Gasteiger partial charge in [-0.3, -0.25) is 19.5 Å². The first-order valence-corrected chi connectivity index (χ1v) is 12.5. The molecule has 0 unspecified atom stereocenters. The molecule has 0 bridgehead atoms. The van der Waals surface area contributed by atoms with Crippen molar-refractivity contribution in [3.8, 4) is 11.1 Å². The van der Waals surface area contributed by atoms with Crippen LogP contribution >= 0.6 is 0 Å². The van der Waals surface area contributed by atoms with E-state index in [9.17, 15) is 14.7 Å². The maximum Gasteiger partial charge on any atom is 0.258 e. The second kappa shape index (κ2) is 9.06. The Balaban J connectivity index is 1.40. The van der Waals surface area contributed by atoms with E-state index < -0.39 is 6.04 Å². The molecule has 3 aromatic rings. The molecule has 0 spiro atoms. The third-order valence-corrected chi connectivity index (χ3v) is 8.07. The van der Waals surface area contributed by atoms with Crippen LogP contribution in [0, 0.1) is 11.8 Å². The zero-order valence-corrected chi connectivity index (χ0v) is 19.6. The molecule has 4 atom stereocenters. The number of fused-ring (bicyclic) bond motifs is 3. The predicted octanol–water partition coefficient (Wildman–Crippen LogP) is 2.74. The van der Waals surface area contributed by atoms with E-state index in [0.29, 0.717) is 18.7 Å². The van der Waals surface area contributed by atoms with Crippen molar-refractivity contribution in [3.05, 3.63) is 88.6 Å².